The molecule has 0 bridgehead atoms. The van der Waals surface area contributed by atoms with E-state index in [1.807, 2.05) is 60.7 Å². The Balaban J connectivity index is 1.23. The molecule has 0 atom stereocenters. The number of carbonyl (C=O) groups excluding carboxylic acids is 2. The Morgan fingerprint density at radius 3 is 1.56 bits per heavy atom. The van der Waals surface area contributed by atoms with Crippen LogP contribution in [0.3, 0.4) is 0 Å². The summed E-state index contributed by atoms with van der Waals surface area (Å²) in [5.41, 5.74) is 3.45. The lowest BCUT2D eigenvalue weighted by Gasteiger charge is -2.10. The molecule has 0 unspecified atom stereocenters. The standard InChI is InChI=1S/C33H38O8/c1-27(34)26-33(35)41-25-22-38-19-18-37-21-24-40-31-14-12-30(13-15-31)39-23-20-36-17-16-32(28-8-4-2-5-9-28)29-10-6-3-7-11-29/h2-16H,17-26H2,1H3. The lowest BCUT2D eigenvalue weighted by atomic mass is 9.98. The van der Waals surface area contributed by atoms with Gasteiger partial charge in [0.15, 0.2) is 0 Å². The number of hydrogen-bond acceptors (Lipinski definition) is 8. The molecule has 8 heteroatoms. The van der Waals surface area contributed by atoms with Crippen LogP contribution in [0.5, 0.6) is 11.5 Å². The van der Waals surface area contributed by atoms with Crippen molar-refractivity contribution in [3.63, 3.8) is 0 Å². The average molecular weight is 563 g/mol. The van der Waals surface area contributed by atoms with Crippen LogP contribution in [0.4, 0.5) is 0 Å². The summed E-state index contributed by atoms with van der Waals surface area (Å²) in [6.45, 7) is 4.70. The van der Waals surface area contributed by atoms with Crippen molar-refractivity contribution in [2.24, 2.45) is 0 Å². The first kappa shape index (κ1) is 31.5. The summed E-state index contributed by atoms with van der Waals surface area (Å²) in [4.78, 5) is 22.0. The summed E-state index contributed by atoms with van der Waals surface area (Å²) in [7, 11) is 0. The maximum absolute atomic E-state index is 11.2. The highest BCUT2D eigenvalue weighted by Gasteiger charge is 2.06. The minimum absolute atomic E-state index is 0.115. The average Bonchev–Trinajstić information content (AvgIpc) is 2.99. The van der Waals surface area contributed by atoms with Gasteiger partial charge in [0, 0.05) is 0 Å². The van der Waals surface area contributed by atoms with Crippen molar-refractivity contribution in [1.29, 1.82) is 0 Å². The zero-order valence-corrected chi connectivity index (χ0v) is 23.5. The van der Waals surface area contributed by atoms with Gasteiger partial charge in [-0.2, -0.15) is 0 Å². The van der Waals surface area contributed by atoms with Gasteiger partial charge in [0.05, 0.1) is 39.6 Å². The molecule has 0 radical (unpaired) electrons. The lowest BCUT2D eigenvalue weighted by molar-refractivity contribution is -0.147. The maximum Gasteiger partial charge on any atom is 0.313 e. The largest absolute Gasteiger partial charge is 0.491 e. The monoisotopic (exact) mass is 562 g/mol. The van der Waals surface area contributed by atoms with E-state index in [4.69, 9.17) is 28.4 Å². The number of Topliss-reactive ketones (excluding diaryl/α,β-unsaturated/α-hetero) is 1. The van der Waals surface area contributed by atoms with Crippen molar-refractivity contribution in [2.75, 3.05) is 59.5 Å². The first-order valence-electron chi connectivity index (χ1n) is 13.7. The first-order valence-corrected chi connectivity index (χ1v) is 13.7. The van der Waals surface area contributed by atoms with Gasteiger partial charge in [-0.15, -0.1) is 0 Å². The molecule has 0 saturated heterocycles. The Bertz CT molecular complexity index is 1140. The third-order valence-corrected chi connectivity index (χ3v) is 5.65. The van der Waals surface area contributed by atoms with Crippen molar-refractivity contribution in [3.05, 3.63) is 102 Å². The van der Waals surface area contributed by atoms with Gasteiger partial charge in [-0.25, -0.2) is 0 Å². The number of rotatable bonds is 20. The summed E-state index contributed by atoms with van der Waals surface area (Å²) in [5.74, 6) is 0.702. The van der Waals surface area contributed by atoms with Crippen LogP contribution in [0.1, 0.15) is 24.5 Å². The Morgan fingerprint density at radius 1 is 0.585 bits per heavy atom. The van der Waals surface area contributed by atoms with Gasteiger partial charge in [0.2, 0.25) is 0 Å². The van der Waals surface area contributed by atoms with Gasteiger partial charge >= 0.3 is 5.97 Å². The Kier molecular flexibility index (Phi) is 14.7. The van der Waals surface area contributed by atoms with Crippen molar-refractivity contribution in [1.82, 2.24) is 0 Å². The van der Waals surface area contributed by atoms with E-state index in [9.17, 15) is 9.59 Å². The van der Waals surface area contributed by atoms with Crippen molar-refractivity contribution in [3.8, 4) is 11.5 Å². The highest BCUT2D eigenvalue weighted by molar-refractivity contribution is 5.94. The Hall–Kier alpha value is -3.98. The molecule has 0 spiro atoms. The number of hydrogen-bond donors (Lipinski definition) is 0. The molecule has 0 fully saturated rings. The molecule has 0 aliphatic carbocycles. The molecule has 3 aromatic rings. The second kappa shape index (κ2) is 19.2. The predicted molar refractivity (Wildman–Crippen MR) is 156 cm³/mol. The minimum Gasteiger partial charge on any atom is -0.491 e. The topological polar surface area (TPSA) is 89.5 Å². The molecule has 41 heavy (non-hydrogen) atoms. The molecule has 0 heterocycles. The number of esters is 1. The van der Waals surface area contributed by atoms with E-state index in [1.165, 1.54) is 6.92 Å². The number of benzene rings is 3. The van der Waals surface area contributed by atoms with E-state index in [2.05, 4.69) is 30.3 Å². The fourth-order valence-corrected chi connectivity index (χ4v) is 3.72. The fraction of sp³-hybridized carbons (Fsp3) is 0.333. The second-order valence-electron chi connectivity index (χ2n) is 8.92. The van der Waals surface area contributed by atoms with E-state index in [-0.39, 0.29) is 25.4 Å². The van der Waals surface area contributed by atoms with Crippen LogP contribution in [0.2, 0.25) is 0 Å². The molecule has 0 aliphatic heterocycles. The highest BCUT2D eigenvalue weighted by atomic mass is 16.6. The van der Waals surface area contributed by atoms with Crippen molar-refractivity contribution in [2.45, 2.75) is 13.3 Å². The molecule has 0 N–H and O–H groups in total. The summed E-state index contributed by atoms with van der Waals surface area (Å²) < 4.78 is 32.9. The summed E-state index contributed by atoms with van der Waals surface area (Å²) in [6, 6.07) is 28.0. The van der Waals surface area contributed by atoms with Gasteiger partial charge in [0.1, 0.15) is 43.5 Å². The number of ether oxygens (including phenoxy) is 6. The predicted octanol–water partition coefficient (Wildman–Crippen LogP) is 5.15. The normalized spacial score (nSPS) is 10.6. The number of ketones is 1. The fourth-order valence-electron chi connectivity index (χ4n) is 3.72. The van der Waals surface area contributed by atoms with E-state index in [0.717, 1.165) is 28.2 Å². The van der Waals surface area contributed by atoms with Crippen molar-refractivity contribution < 1.29 is 38.0 Å². The van der Waals surface area contributed by atoms with Crippen molar-refractivity contribution >= 4 is 17.3 Å². The molecular formula is C33H38O8. The van der Waals surface area contributed by atoms with E-state index in [1.54, 1.807) is 0 Å². The van der Waals surface area contributed by atoms with Gasteiger partial charge < -0.3 is 28.4 Å². The molecule has 8 nitrogen and oxygen atoms in total. The first-order chi connectivity index (χ1) is 20.1. The molecule has 0 amide bonds. The molecule has 0 saturated carbocycles. The van der Waals surface area contributed by atoms with Crippen LogP contribution in [-0.2, 0) is 28.5 Å². The third kappa shape index (κ3) is 13.3. The smallest absolute Gasteiger partial charge is 0.313 e. The quantitative estimate of drug-likeness (QED) is 0.106. The highest BCUT2D eigenvalue weighted by Crippen LogP contribution is 2.23. The molecule has 0 aromatic heterocycles. The van der Waals surface area contributed by atoms with Gasteiger partial charge in [-0.1, -0.05) is 66.7 Å². The van der Waals surface area contributed by atoms with E-state index in [0.29, 0.717) is 46.2 Å². The van der Waals surface area contributed by atoms with Gasteiger partial charge in [-0.3, -0.25) is 9.59 Å². The van der Waals surface area contributed by atoms with Crippen LogP contribution in [0, 0.1) is 0 Å². The Labute approximate surface area is 241 Å². The summed E-state index contributed by atoms with van der Waals surface area (Å²) in [5, 5.41) is 0. The molecule has 3 rings (SSSR count). The van der Waals surface area contributed by atoms with E-state index >= 15 is 0 Å². The van der Waals surface area contributed by atoms with E-state index < -0.39 is 5.97 Å². The maximum atomic E-state index is 11.2. The zero-order valence-electron chi connectivity index (χ0n) is 23.5. The zero-order chi connectivity index (χ0) is 29.0. The molecule has 218 valence electrons. The Morgan fingerprint density at radius 2 is 1.05 bits per heavy atom. The van der Waals surface area contributed by atoms with Gasteiger partial charge in [-0.05, 0) is 47.9 Å². The van der Waals surface area contributed by atoms with Crippen LogP contribution in [0.15, 0.2) is 91.0 Å². The molecule has 3 aromatic carbocycles. The third-order valence-electron chi connectivity index (χ3n) is 5.65. The summed E-state index contributed by atoms with van der Waals surface area (Å²) in [6.07, 6.45) is 1.89. The molecular weight excluding hydrogens is 524 g/mol. The van der Waals surface area contributed by atoms with Crippen LogP contribution < -0.4 is 9.47 Å². The van der Waals surface area contributed by atoms with Crippen LogP contribution in [-0.4, -0.2) is 71.2 Å². The van der Waals surface area contributed by atoms with Gasteiger partial charge in [0.25, 0.3) is 0 Å². The molecule has 0 aliphatic rings. The second-order valence-corrected chi connectivity index (χ2v) is 8.92. The minimum atomic E-state index is -0.538. The SMILES string of the molecule is CC(=O)CC(=O)OCCOCCOCCOc1ccc(OCCOCC=C(c2ccccc2)c2ccccc2)cc1. The van der Waals surface area contributed by atoms with Crippen LogP contribution >= 0.6 is 0 Å². The van der Waals surface area contributed by atoms with Crippen LogP contribution in [0.25, 0.3) is 5.57 Å². The number of carbonyl (C=O) groups is 2. The summed E-state index contributed by atoms with van der Waals surface area (Å²) >= 11 is 0. The lowest BCUT2D eigenvalue weighted by Crippen LogP contribution is -2.15.